The van der Waals surface area contributed by atoms with Gasteiger partial charge in [0, 0.05) is 0 Å². The molecule has 0 radical (unpaired) electrons. The molecule has 0 saturated carbocycles. The number of alkyl halides is 3. The van der Waals surface area contributed by atoms with Crippen LogP contribution in [0.5, 0.6) is 0 Å². The summed E-state index contributed by atoms with van der Waals surface area (Å²) in [6.07, 6.45) is 1.28. The van der Waals surface area contributed by atoms with E-state index in [0.717, 1.165) is 0 Å². The molecular weight excluding hydrogens is 182 g/mol. The van der Waals surface area contributed by atoms with Crippen LogP contribution < -0.4 is 0 Å². The summed E-state index contributed by atoms with van der Waals surface area (Å²) in [6.45, 7) is 3.12. The van der Waals surface area contributed by atoms with Crippen molar-refractivity contribution in [1.29, 1.82) is 0 Å². The average molecular weight is 187 g/mol. The van der Waals surface area contributed by atoms with Crippen molar-refractivity contribution in [3.05, 3.63) is 12.7 Å². The van der Waals surface area contributed by atoms with Crippen molar-refractivity contribution < 1.29 is 13.9 Å². The summed E-state index contributed by atoms with van der Waals surface area (Å²) in [5.41, 5.74) is 0. The second kappa shape index (κ2) is 3.78. The fraction of sp³-hybridized carbons (Fsp3) is 0.400. The Kier molecular flexibility index (Phi) is 3.68. The Bertz CT molecular complexity index is 141. The summed E-state index contributed by atoms with van der Waals surface area (Å²) in [7, 11) is 0. The minimum atomic E-state index is -2.96. The summed E-state index contributed by atoms with van der Waals surface area (Å²) < 4.78 is 13.3. The molecule has 5 heteroatoms. The highest BCUT2D eigenvalue weighted by atomic mass is 35.5. The van der Waals surface area contributed by atoms with Crippen LogP contribution in [0, 0.1) is 0 Å². The van der Waals surface area contributed by atoms with Gasteiger partial charge in [0.25, 0.3) is 0 Å². The molecule has 0 heterocycles. The third-order valence-electron chi connectivity index (χ3n) is 0.564. The molecule has 0 aromatic rings. The maximum absolute atomic E-state index is 12.1. The van der Waals surface area contributed by atoms with Crippen molar-refractivity contribution in [2.45, 2.75) is 4.59 Å². The van der Waals surface area contributed by atoms with Crippen LogP contribution >= 0.6 is 23.2 Å². The normalized spacial score (nSPS) is 10.7. The third kappa shape index (κ3) is 3.69. The van der Waals surface area contributed by atoms with Gasteiger partial charge in [0.1, 0.15) is 6.61 Å². The van der Waals surface area contributed by atoms with Crippen LogP contribution in [0.25, 0.3) is 0 Å². The molecule has 0 amide bonds. The van der Waals surface area contributed by atoms with Gasteiger partial charge in [-0.25, -0.2) is 4.79 Å². The minimum absolute atomic E-state index is 0.107. The van der Waals surface area contributed by atoms with Crippen LogP contribution in [-0.2, 0) is 9.53 Å². The van der Waals surface area contributed by atoms with Crippen LogP contribution in [0.3, 0.4) is 0 Å². The molecule has 0 atom stereocenters. The molecule has 0 aliphatic heterocycles. The molecule has 0 N–H and O–H groups in total. The third-order valence-corrected chi connectivity index (χ3v) is 0.872. The molecule has 0 aliphatic rings. The van der Waals surface area contributed by atoms with Crippen molar-refractivity contribution in [1.82, 2.24) is 0 Å². The quantitative estimate of drug-likeness (QED) is 0.382. The smallest absolute Gasteiger partial charge is 0.376 e. The lowest BCUT2D eigenvalue weighted by Crippen LogP contribution is -2.22. The van der Waals surface area contributed by atoms with Crippen LogP contribution in [0.2, 0.25) is 0 Å². The number of hydrogen-bond acceptors (Lipinski definition) is 2. The number of esters is 1. The molecule has 0 spiro atoms. The summed E-state index contributed by atoms with van der Waals surface area (Å²) >= 11 is 9.42. The highest BCUT2D eigenvalue weighted by Gasteiger charge is 2.34. The number of ether oxygens (including phenoxy) is 1. The molecule has 0 aromatic heterocycles. The van der Waals surface area contributed by atoms with Gasteiger partial charge in [-0.1, -0.05) is 35.9 Å². The predicted molar refractivity (Wildman–Crippen MR) is 36.7 cm³/mol. The molecule has 0 rings (SSSR count). The Morgan fingerprint density at radius 3 is 2.60 bits per heavy atom. The largest absolute Gasteiger partial charge is 0.457 e. The Labute approximate surface area is 67.6 Å². The first kappa shape index (κ1) is 9.72. The van der Waals surface area contributed by atoms with Crippen LogP contribution in [-0.4, -0.2) is 17.2 Å². The van der Waals surface area contributed by atoms with E-state index < -0.39 is 10.6 Å². The zero-order chi connectivity index (χ0) is 8.20. The molecule has 0 unspecified atom stereocenters. The summed E-state index contributed by atoms with van der Waals surface area (Å²) in [4.78, 5) is 10.3. The maximum Gasteiger partial charge on any atom is 0.376 e. The van der Waals surface area contributed by atoms with Gasteiger partial charge < -0.3 is 4.74 Å². The van der Waals surface area contributed by atoms with Gasteiger partial charge in [-0.2, -0.15) is 4.39 Å². The Balaban J connectivity index is 3.74. The van der Waals surface area contributed by atoms with E-state index in [1.165, 1.54) is 6.08 Å². The highest BCUT2D eigenvalue weighted by Crippen LogP contribution is 2.23. The van der Waals surface area contributed by atoms with Gasteiger partial charge in [0.05, 0.1) is 0 Å². The van der Waals surface area contributed by atoms with Gasteiger partial charge in [0.15, 0.2) is 0 Å². The molecular formula is C5H5Cl2FO2. The van der Waals surface area contributed by atoms with Crippen LogP contribution in [0.15, 0.2) is 12.7 Å². The second-order valence-electron chi connectivity index (χ2n) is 1.38. The van der Waals surface area contributed by atoms with Crippen molar-refractivity contribution >= 4 is 29.2 Å². The van der Waals surface area contributed by atoms with E-state index in [1.807, 2.05) is 0 Å². The second-order valence-corrected chi connectivity index (χ2v) is 2.62. The highest BCUT2D eigenvalue weighted by molar-refractivity contribution is 6.56. The average Bonchev–Trinajstić information content (AvgIpc) is 1.80. The predicted octanol–water partition coefficient (Wildman–Crippen LogP) is 1.82. The van der Waals surface area contributed by atoms with E-state index in [0.29, 0.717) is 0 Å². The molecule has 2 nitrogen and oxygen atoms in total. The van der Waals surface area contributed by atoms with E-state index in [9.17, 15) is 9.18 Å². The molecule has 0 bridgehead atoms. The molecule has 58 valence electrons. The molecule has 0 fully saturated rings. The molecule has 10 heavy (non-hydrogen) atoms. The standard InChI is InChI=1S/C5H5Cl2FO2/c1-2-3-10-4(9)5(6,7)8/h2H,1,3H2. The number of carbonyl (C=O) groups is 1. The first-order chi connectivity index (χ1) is 4.48. The van der Waals surface area contributed by atoms with E-state index >= 15 is 0 Å². The molecule has 0 aliphatic carbocycles. The van der Waals surface area contributed by atoms with E-state index in [2.05, 4.69) is 11.3 Å². The van der Waals surface area contributed by atoms with Gasteiger partial charge in [-0.3, -0.25) is 0 Å². The summed E-state index contributed by atoms with van der Waals surface area (Å²) in [6, 6.07) is 0. The Morgan fingerprint density at radius 2 is 2.30 bits per heavy atom. The lowest BCUT2D eigenvalue weighted by molar-refractivity contribution is -0.146. The number of hydrogen-bond donors (Lipinski definition) is 0. The zero-order valence-corrected chi connectivity index (χ0v) is 6.45. The van der Waals surface area contributed by atoms with Gasteiger partial charge in [-0.15, -0.1) is 0 Å². The van der Waals surface area contributed by atoms with Crippen molar-refractivity contribution in [3.8, 4) is 0 Å². The van der Waals surface area contributed by atoms with Crippen molar-refractivity contribution in [2.24, 2.45) is 0 Å². The van der Waals surface area contributed by atoms with Gasteiger partial charge in [-0.05, 0) is 0 Å². The van der Waals surface area contributed by atoms with E-state index in [1.54, 1.807) is 0 Å². The fourth-order valence-corrected chi connectivity index (χ4v) is 0.326. The first-order valence-electron chi connectivity index (χ1n) is 2.33. The van der Waals surface area contributed by atoms with E-state index in [-0.39, 0.29) is 6.61 Å². The fourth-order valence-electron chi connectivity index (χ4n) is 0.216. The summed E-state index contributed by atoms with van der Waals surface area (Å²) in [5.74, 6) is -1.32. The molecule has 0 saturated heterocycles. The SMILES string of the molecule is C=CCOC(=O)C(F)(Cl)Cl. The van der Waals surface area contributed by atoms with E-state index in [4.69, 9.17) is 23.2 Å². The Morgan fingerprint density at radius 1 is 1.80 bits per heavy atom. The van der Waals surface area contributed by atoms with Gasteiger partial charge in [0.2, 0.25) is 0 Å². The first-order valence-corrected chi connectivity index (χ1v) is 3.09. The topological polar surface area (TPSA) is 26.3 Å². The minimum Gasteiger partial charge on any atom is -0.457 e. The van der Waals surface area contributed by atoms with Gasteiger partial charge >= 0.3 is 10.6 Å². The molecule has 0 aromatic carbocycles. The maximum atomic E-state index is 12.1. The monoisotopic (exact) mass is 186 g/mol. The number of carbonyl (C=O) groups excluding carboxylic acids is 1. The lowest BCUT2D eigenvalue weighted by Gasteiger charge is -2.06. The lowest BCUT2D eigenvalue weighted by atomic mass is 10.7. The number of halogens is 3. The van der Waals surface area contributed by atoms with Crippen LogP contribution in [0.1, 0.15) is 0 Å². The Hall–Kier alpha value is -0.280. The van der Waals surface area contributed by atoms with Crippen molar-refractivity contribution in [3.63, 3.8) is 0 Å². The van der Waals surface area contributed by atoms with Crippen LogP contribution in [0.4, 0.5) is 4.39 Å². The zero-order valence-electron chi connectivity index (χ0n) is 4.94. The number of rotatable bonds is 3. The van der Waals surface area contributed by atoms with Crippen molar-refractivity contribution in [2.75, 3.05) is 6.61 Å². The summed E-state index contributed by atoms with van der Waals surface area (Å²) in [5, 5.41) is 0.